The molecule has 2 atom stereocenters. The first-order valence-electron chi connectivity index (χ1n) is 12.5. The van der Waals surface area contributed by atoms with Gasteiger partial charge in [0.05, 0.1) is 23.9 Å². The Balaban J connectivity index is 1.43. The number of aliphatic hydroxyl groups is 1. The van der Waals surface area contributed by atoms with E-state index in [9.17, 15) is 5.11 Å². The van der Waals surface area contributed by atoms with Gasteiger partial charge in [-0.15, -0.1) is 0 Å². The van der Waals surface area contributed by atoms with Crippen LogP contribution in [-0.2, 0) is 12.8 Å². The van der Waals surface area contributed by atoms with Crippen LogP contribution in [0.3, 0.4) is 0 Å². The summed E-state index contributed by atoms with van der Waals surface area (Å²) in [7, 11) is 0. The summed E-state index contributed by atoms with van der Waals surface area (Å²) in [4.78, 5) is 2.55. The summed E-state index contributed by atoms with van der Waals surface area (Å²) in [6.07, 6.45) is 7.15. The molecule has 2 unspecified atom stereocenters. The fourth-order valence-electron chi connectivity index (χ4n) is 6.06. The van der Waals surface area contributed by atoms with Crippen molar-refractivity contribution < 1.29 is 5.11 Å². The van der Waals surface area contributed by atoms with Crippen molar-refractivity contribution in [1.82, 2.24) is 14.7 Å². The number of rotatable bonds is 7. The molecule has 2 aromatic carbocycles. The maximum Gasteiger partial charge on any atom is 0.0700 e. The van der Waals surface area contributed by atoms with Gasteiger partial charge in [0.1, 0.15) is 0 Å². The van der Waals surface area contributed by atoms with Crippen LogP contribution < -0.4 is 0 Å². The molecule has 0 radical (unpaired) electrons. The zero-order chi connectivity index (χ0) is 22.1. The highest BCUT2D eigenvalue weighted by atomic mass is 16.3. The van der Waals surface area contributed by atoms with Crippen molar-refractivity contribution in [2.45, 2.75) is 64.3 Å². The summed E-state index contributed by atoms with van der Waals surface area (Å²) >= 11 is 0. The molecule has 2 aliphatic rings. The predicted octanol–water partition coefficient (Wildman–Crippen LogP) is 5.35. The molecule has 1 aliphatic carbocycles. The lowest BCUT2D eigenvalue weighted by molar-refractivity contribution is 0.133. The number of benzene rings is 2. The van der Waals surface area contributed by atoms with Gasteiger partial charge in [-0.1, -0.05) is 69.2 Å². The third kappa shape index (κ3) is 3.99. The van der Waals surface area contributed by atoms with Crippen LogP contribution in [0.2, 0.25) is 0 Å². The second-order valence-electron chi connectivity index (χ2n) is 10.3. The fraction of sp³-hybridized carbons (Fsp3) is 0.536. The van der Waals surface area contributed by atoms with E-state index in [0.29, 0.717) is 12.0 Å². The number of aromatic nitrogens is 2. The van der Waals surface area contributed by atoms with Gasteiger partial charge in [0.2, 0.25) is 0 Å². The Morgan fingerprint density at radius 1 is 1.09 bits per heavy atom. The average Bonchev–Trinajstić information content (AvgIpc) is 3.55. The quantitative estimate of drug-likeness (QED) is 0.548. The van der Waals surface area contributed by atoms with Crippen molar-refractivity contribution in [3.8, 4) is 0 Å². The van der Waals surface area contributed by atoms with Gasteiger partial charge in [0.25, 0.3) is 0 Å². The van der Waals surface area contributed by atoms with Crippen LogP contribution in [0.25, 0.3) is 10.9 Å². The molecule has 0 amide bonds. The van der Waals surface area contributed by atoms with Gasteiger partial charge in [-0.25, -0.2) is 0 Å². The second kappa shape index (κ2) is 8.99. The van der Waals surface area contributed by atoms with Crippen LogP contribution in [0.5, 0.6) is 0 Å². The van der Waals surface area contributed by atoms with E-state index in [-0.39, 0.29) is 12.0 Å². The lowest BCUT2D eigenvalue weighted by Gasteiger charge is -2.29. The van der Waals surface area contributed by atoms with E-state index < -0.39 is 0 Å². The minimum atomic E-state index is -0.115. The Hall–Kier alpha value is -2.17. The number of fused-ring (bicyclic) bond motifs is 1. The SMILES string of the molecule is CCc1nn(C2CCCC2)c2cc(C3CN(CCc4ccccc4)CC3(C)CO)ccc12. The Labute approximate surface area is 192 Å². The molecular weight excluding hydrogens is 394 g/mol. The highest BCUT2D eigenvalue weighted by Crippen LogP contribution is 2.43. The van der Waals surface area contributed by atoms with Crippen LogP contribution in [0.1, 0.15) is 68.3 Å². The number of aryl methyl sites for hydroxylation is 1. The van der Waals surface area contributed by atoms with Gasteiger partial charge in [0, 0.05) is 36.4 Å². The van der Waals surface area contributed by atoms with Crippen LogP contribution >= 0.6 is 0 Å². The lowest BCUT2D eigenvalue weighted by atomic mass is 9.76. The minimum absolute atomic E-state index is 0.115. The zero-order valence-electron chi connectivity index (χ0n) is 19.6. The average molecular weight is 432 g/mol. The molecule has 4 heteroatoms. The Morgan fingerprint density at radius 3 is 2.59 bits per heavy atom. The van der Waals surface area contributed by atoms with Crippen molar-refractivity contribution in [2.75, 3.05) is 26.2 Å². The molecule has 0 bridgehead atoms. The summed E-state index contributed by atoms with van der Waals surface area (Å²) in [5.41, 5.74) is 5.15. The van der Waals surface area contributed by atoms with Gasteiger partial charge in [0.15, 0.2) is 0 Å². The second-order valence-corrected chi connectivity index (χ2v) is 10.3. The van der Waals surface area contributed by atoms with Gasteiger partial charge >= 0.3 is 0 Å². The van der Waals surface area contributed by atoms with Crippen molar-refractivity contribution in [3.05, 3.63) is 65.4 Å². The smallest absolute Gasteiger partial charge is 0.0700 e. The molecule has 170 valence electrons. The molecule has 1 N–H and O–H groups in total. The van der Waals surface area contributed by atoms with Crippen molar-refractivity contribution in [2.24, 2.45) is 5.41 Å². The molecule has 4 nitrogen and oxygen atoms in total. The predicted molar refractivity (Wildman–Crippen MR) is 131 cm³/mol. The summed E-state index contributed by atoms with van der Waals surface area (Å²) in [5, 5.41) is 16.8. The summed E-state index contributed by atoms with van der Waals surface area (Å²) < 4.78 is 2.34. The zero-order valence-corrected chi connectivity index (χ0v) is 19.6. The topological polar surface area (TPSA) is 41.3 Å². The number of nitrogens with zero attached hydrogens (tertiary/aromatic N) is 3. The van der Waals surface area contributed by atoms with E-state index in [1.807, 2.05) is 0 Å². The Morgan fingerprint density at radius 2 is 1.88 bits per heavy atom. The molecule has 1 saturated heterocycles. The standard InChI is InChI=1S/C28H37N3O/c1-3-26-24-14-13-22(17-27(24)31(29-26)23-11-7-8-12-23)25-18-30(19-28(25,2)20-32)16-15-21-9-5-4-6-10-21/h4-6,9-10,13-14,17,23,25,32H,3,7-8,11-12,15-16,18-20H2,1-2H3. The normalized spacial score (nSPS) is 24.7. The summed E-state index contributed by atoms with van der Waals surface area (Å²) in [6.45, 7) is 7.68. The molecule has 5 rings (SSSR count). The molecular formula is C28H37N3O. The first-order valence-corrected chi connectivity index (χ1v) is 12.5. The first kappa shape index (κ1) is 21.7. The molecule has 2 heterocycles. The van der Waals surface area contributed by atoms with Gasteiger partial charge < -0.3 is 10.0 Å². The van der Waals surface area contributed by atoms with Crippen LogP contribution in [-0.4, -0.2) is 46.0 Å². The van der Waals surface area contributed by atoms with Crippen molar-refractivity contribution in [1.29, 1.82) is 0 Å². The summed E-state index contributed by atoms with van der Waals surface area (Å²) in [6, 6.07) is 18.3. The van der Waals surface area contributed by atoms with E-state index >= 15 is 0 Å². The highest BCUT2D eigenvalue weighted by Gasteiger charge is 2.43. The third-order valence-corrected chi connectivity index (χ3v) is 8.00. The fourth-order valence-corrected chi connectivity index (χ4v) is 6.06. The molecule has 2 fully saturated rings. The van der Waals surface area contributed by atoms with Crippen molar-refractivity contribution in [3.63, 3.8) is 0 Å². The van der Waals surface area contributed by atoms with Gasteiger partial charge in [-0.2, -0.15) is 5.10 Å². The first-order chi connectivity index (χ1) is 15.6. The maximum atomic E-state index is 10.4. The van der Waals surface area contributed by atoms with Crippen LogP contribution in [0.15, 0.2) is 48.5 Å². The molecule has 1 saturated carbocycles. The van der Waals surface area contributed by atoms with Crippen LogP contribution in [0, 0.1) is 5.41 Å². The monoisotopic (exact) mass is 431 g/mol. The number of hydrogen-bond donors (Lipinski definition) is 1. The highest BCUT2D eigenvalue weighted by molar-refractivity contribution is 5.83. The Kier molecular flexibility index (Phi) is 6.09. The maximum absolute atomic E-state index is 10.4. The van der Waals surface area contributed by atoms with E-state index in [1.54, 1.807) is 0 Å². The minimum Gasteiger partial charge on any atom is -0.396 e. The molecule has 1 aliphatic heterocycles. The Bertz CT molecular complexity index is 1050. The molecule has 1 aromatic heterocycles. The molecule has 32 heavy (non-hydrogen) atoms. The van der Waals surface area contributed by atoms with Crippen molar-refractivity contribution >= 4 is 10.9 Å². The van der Waals surface area contributed by atoms with E-state index in [4.69, 9.17) is 5.10 Å². The van der Waals surface area contributed by atoms with E-state index in [2.05, 4.69) is 72.0 Å². The summed E-state index contributed by atoms with van der Waals surface area (Å²) in [5.74, 6) is 0.338. The van der Waals surface area contributed by atoms with Crippen LogP contribution in [0.4, 0.5) is 0 Å². The number of likely N-dealkylation sites (tertiary alicyclic amines) is 1. The number of hydrogen-bond acceptors (Lipinski definition) is 3. The van der Waals surface area contributed by atoms with E-state index in [0.717, 1.165) is 32.5 Å². The van der Waals surface area contributed by atoms with Gasteiger partial charge in [-0.3, -0.25) is 4.68 Å². The van der Waals surface area contributed by atoms with Gasteiger partial charge in [-0.05, 0) is 42.9 Å². The molecule has 0 spiro atoms. The van der Waals surface area contributed by atoms with E-state index in [1.165, 1.54) is 53.4 Å². The lowest BCUT2D eigenvalue weighted by Crippen LogP contribution is -2.31. The number of aliphatic hydroxyl groups excluding tert-OH is 1. The third-order valence-electron chi connectivity index (χ3n) is 8.00. The largest absolute Gasteiger partial charge is 0.396 e. The molecule has 3 aromatic rings.